The number of aryl methyl sites for hydroxylation is 2. The summed E-state index contributed by atoms with van der Waals surface area (Å²) in [5.41, 5.74) is 4.22. The Kier molecular flexibility index (Phi) is 6.05. The maximum Gasteiger partial charge on any atom is 0.223 e. The summed E-state index contributed by atoms with van der Waals surface area (Å²) in [5.74, 6) is 0.484. The Balaban J connectivity index is 1.54. The van der Waals surface area contributed by atoms with Crippen molar-refractivity contribution in [3.05, 3.63) is 41.3 Å². The Hall–Kier alpha value is -3.14. The number of aromatic hydroxyl groups is 1. The van der Waals surface area contributed by atoms with E-state index >= 15 is 0 Å². The SMILES string of the molecule is Cc1ccc(Nc2ncnc3[nH]c4c(c23)CC(C(=O)NCCCS(C)(=O)=O)CC4)c(O)c1. The van der Waals surface area contributed by atoms with Gasteiger partial charge in [0.25, 0.3) is 0 Å². The number of anilines is 2. The predicted molar refractivity (Wildman–Crippen MR) is 123 cm³/mol. The Morgan fingerprint density at radius 3 is 2.88 bits per heavy atom. The molecule has 0 aliphatic heterocycles. The second kappa shape index (κ2) is 8.78. The number of carbonyl (C=O) groups is 1. The number of hydrogen-bond acceptors (Lipinski definition) is 7. The zero-order valence-corrected chi connectivity index (χ0v) is 18.9. The van der Waals surface area contributed by atoms with Crippen LogP contribution in [0.3, 0.4) is 0 Å². The first-order chi connectivity index (χ1) is 15.2. The van der Waals surface area contributed by atoms with Crippen LogP contribution < -0.4 is 10.6 Å². The Labute approximate surface area is 186 Å². The van der Waals surface area contributed by atoms with E-state index < -0.39 is 9.84 Å². The third-order valence-electron chi connectivity index (χ3n) is 5.74. The molecule has 0 radical (unpaired) electrons. The average molecular weight is 458 g/mol. The number of phenolic OH excluding ortho intramolecular Hbond substituents is 1. The highest BCUT2D eigenvalue weighted by molar-refractivity contribution is 7.90. The standard InChI is InChI=1S/C22H27N5O4S/c1-13-4-6-17(18(28)10-13)27-21-19-15-11-14(22(29)23-8-3-9-32(2,30)31)5-7-16(15)26-20(19)24-12-25-21/h4,6,10,12,14,28H,3,5,7-9,11H2,1-2H3,(H,23,29)(H2,24,25,26,27). The van der Waals surface area contributed by atoms with Crippen molar-refractivity contribution in [1.82, 2.24) is 20.3 Å². The average Bonchev–Trinajstić information content (AvgIpc) is 3.11. The lowest BCUT2D eigenvalue weighted by Crippen LogP contribution is -2.35. The van der Waals surface area contributed by atoms with Gasteiger partial charge in [-0.05, 0) is 55.9 Å². The number of fused-ring (bicyclic) bond motifs is 3. The molecule has 1 aromatic carbocycles. The van der Waals surface area contributed by atoms with Gasteiger partial charge in [0.2, 0.25) is 5.91 Å². The molecule has 1 amide bonds. The molecule has 0 fully saturated rings. The first-order valence-corrected chi connectivity index (χ1v) is 12.6. The molecule has 0 spiro atoms. The second-order valence-electron chi connectivity index (χ2n) is 8.39. The van der Waals surface area contributed by atoms with Crippen molar-refractivity contribution in [1.29, 1.82) is 0 Å². The molecule has 1 atom stereocenters. The summed E-state index contributed by atoms with van der Waals surface area (Å²) in [6.45, 7) is 2.24. The molecule has 1 aliphatic rings. The van der Waals surface area contributed by atoms with Crippen molar-refractivity contribution >= 4 is 38.3 Å². The molecule has 9 nitrogen and oxygen atoms in total. The van der Waals surface area contributed by atoms with E-state index in [4.69, 9.17) is 0 Å². The maximum absolute atomic E-state index is 12.7. The molecule has 0 bridgehead atoms. The predicted octanol–water partition coefficient (Wildman–Crippen LogP) is 2.37. The van der Waals surface area contributed by atoms with E-state index in [2.05, 4.69) is 25.6 Å². The molecule has 4 rings (SSSR count). The summed E-state index contributed by atoms with van der Waals surface area (Å²) in [4.78, 5) is 24.8. The van der Waals surface area contributed by atoms with Gasteiger partial charge >= 0.3 is 0 Å². The lowest BCUT2D eigenvalue weighted by Gasteiger charge is -2.22. The molecule has 3 aromatic rings. The van der Waals surface area contributed by atoms with Gasteiger partial charge in [-0.3, -0.25) is 4.79 Å². The quantitative estimate of drug-likeness (QED) is 0.316. The summed E-state index contributed by atoms with van der Waals surface area (Å²) in [5, 5.41) is 17.2. The molecule has 0 saturated heterocycles. The normalized spacial score (nSPS) is 16.0. The Bertz CT molecular complexity index is 1270. The minimum Gasteiger partial charge on any atom is -0.506 e. The zero-order valence-electron chi connectivity index (χ0n) is 18.1. The van der Waals surface area contributed by atoms with Crippen LogP contribution in [0.1, 0.15) is 29.7 Å². The maximum atomic E-state index is 12.7. The molecule has 170 valence electrons. The summed E-state index contributed by atoms with van der Waals surface area (Å²) < 4.78 is 22.5. The molecule has 1 unspecified atom stereocenters. The number of sulfone groups is 1. The molecule has 4 N–H and O–H groups in total. The topological polar surface area (TPSA) is 137 Å². The van der Waals surface area contributed by atoms with Gasteiger partial charge < -0.3 is 20.7 Å². The molecular weight excluding hydrogens is 430 g/mol. The Morgan fingerprint density at radius 1 is 1.31 bits per heavy atom. The summed E-state index contributed by atoms with van der Waals surface area (Å²) >= 11 is 0. The van der Waals surface area contributed by atoms with Crippen LogP contribution in [0.15, 0.2) is 24.5 Å². The number of nitrogens with one attached hydrogen (secondary N) is 3. The number of phenols is 1. The Morgan fingerprint density at radius 2 is 2.12 bits per heavy atom. The smallest absolute Gasteiger partial charge is 0.223 e. The van der Waals surface area contributed by atoms with E-state index in [1.165, 1.54) is 12.6 Å². The van der Waals surface area contributed by atoms with Crippen molar-refractivity contribution < 1.29 is 18.3 Å². The van der Waals surface area contributed by atoms with Gasteiger partial charge in [0.1, 0.15) is 33.4 Å². The van der Waals surface area contributed by atoms with Crippen molar-refractivity contribution in [3.8, 4) is 5.75 Å². The molecule has 2 heterocycles. The first-order valence-electron chi connectivity index (χ1n) is 10.6. The van der Waals surface area contributed by atoms with E-state index in [0.717, 1.165) is 22.2 Å². The van der Waals surface area contributed by atoms with Gasteiger partial charge in [-0.1, -0.05) is 6.07 Å². The molecule has 1 aliphatic carbocycles. The van der Waals surface area contributed by atoms with E-state index in [1.807, 2.05) is 13.0 Å². The number of aromatic nitrogens is 3. The van der Waals surface area contributed by atoms with Crippen LogP contribution >= 0.6 is 0 Å². The highest BCUT2D eigenvalue weighted by atomic mass is 32.2. The van der Waals surface area contributed by atoms with Crippen LogP contribution in [0.4, 0.5) is 11.5 Å². The monoisotopic (exact) mass is 457 g/mol. The number of hydrogen-bond donors (Lipinski definition) is 4. The van der Waals surface area contributed by atoms with E-state index in [1.54, 1.807) is 12.1 Å². The lowest BCUT2D eigenvalue weighted by molar-refractivity contribution is -0.125. The number of H-pyrrole nitrogens is 1. The van der Waals surface area contributed by atoms with Gasteiger partial charge in [-0.2, -0.15) is 0 Å². The van der Waals surface area contributed by atoms with E-state index in [9.17, 15) is 18.3 Å². The summed E-state index contributed by atoms with van der Waals surface area (Å²) in [7, 11) is -3.03. The van der Waals surface area contributed by atoms with E-state index in [0.29, 0.717) is 49.4 Å². The zero-order chi connectivity index (χ0) is 22.9. The summed E-state index contributed by atoms with van der Waals surface area (Å²) in [6, 6.07) is 5.37. The number of benzene rings is 1. The minimum absolute atomic E-state index is 0.0583. The van der Waals surface area contributed by atoms with Gasteiger partial charge in [0.15, 0.2) is 0 Å². The van der Waals surface area contributed by atoms with Gasteiger partial charge in [-0.15, -0.1) is 0 Å². The fraction of sp³-hybridized carbons (Fsp3) is 0.409. The largest absolute Gasteiger partial charge is 0.506 e. The number of aromatic amines is 1. The van der Waals surface area contributed by atoms with Crippen LogP contribution in [0, 0.1) is 12.8 Å². The molecule has 0 saturated carbocycles. The van der Waals surface area contributed by atoms with Crippen LogP contribution in [-0.4, -0.2) is 52.9 Å². The summed E-state index contributed by atoms with van der Waals surface area (Å²) in [6.07, 6.45) is 5.00. The molecular formula is C22H27N5O4S. The van der Waals surface area contributed by atoms with Crippen LogP contribution in [0.25, 0.3) is 11.0 Å². The van der Waals surface area contributed by atoms with Crippen LogP contribution in [0.2, 0.25) is 0 Å². The van der Waals surface area contributed by atoms with Gasteiger partial charge in [-0.25, -0.2) is 18.4 Å². The first kappa shape index (κ1) is 22.1. The number of rotatable bonds is 7. The van der Waals surface area contributed by atoms with Crippen molar-refractivity contribution in [2.45, 2.75) is 32.6 Å². The third kappa shape index (κ3) is 4.85. The third-order valence-corrected chi connectivity index (χ3v) is 6.77. The van der Waals surface area contributed by atoms with Crippen LogP contribution in [-0.2, 0) is 27.5 Å². The molecule has 32 heavy (non-hydrogen) atoms. The van der Waals surface area contributed by atoms with Gasteiger partial charge in [0.05, 0.1) is 16.8 Å². The fourth-order valence-electron chi connectivity index (χ4n) is 4.12. The number of carbonyl (C=O) groups excluding carboxylic acids is 1. The molecule has 2 aromatic heterocycles. The van der Waals surface area contributed by atoms with Crippen molar-refractivity contribution in [2.24, 2.45) is 5.92 Å². The second-order valence-corrected chi connectivity index (χ2v) is 10.6. The fourth-order valence-corrected chi connectivity index (χ4v) is 4.79. The number of nitrogens with zero attached hydrogens (tertiary/aromatic N) is 2. The van der Waals surface area contributed by atoms with Gasteiger partial charge in [0, 0.05) is 24.4 Å². The highest BCUT2D eigenvalue weighted by Crippen LogP contribution is 2.36. The number of amides is 1. The van der Waals surface area contributed by atoms with E-state index in [-0.39, 0.29) is 23.3 Å². The lowest BCUT2D eigenvalue weighted by atomic mass is 9.86. The highest BCUT2D eigenvalue weighted by Gasteiger charge is 2.29. The molecule has 10 heteroatoms. The van der Waals surface area contributed by atoms with Crippen molar-refractivity contribution in [3.63, 3.8) is 0 Å². The van der Waals surface area contributed by atoms with Crippen LogP contribution in [0.5, 0.6) is 5.75 Å². The van der Waals surface area contributed by atoms with Crippen molar-refractivity contribution in [2.75, 3.05) is 23.9 Å². The minimum atomic E-state index is -3.03.